The van der Waals surface area contributed by atoms with Crippen molar-refractivity contribution in [1.82, 2.24) is 9.55 Å². The van der Waals surface area contributed by atoms with Crippen molar-refractivity contribution in [3.05, 3.63) is 47.8 Å². The second-order valence-corrected chi connectivity index (χ2v) is 4.12. The van der Waals surface area contributed by atoms with Crippen LogP contribution in [0.1, 0.15) is 11.1 Å². The highest BCUT2D eigenvalue weighted by atomic mass is 32.2. The molecule has 2 rings (SSSR count). The average Bonchev–Trinajstić information content (AvgIpc) is 2.77. The Morgan fingerprint density at radius 1 is 1.38 bits per heavy atom. The molecule has 0 saturated carbocycles. The highest BCUT2D eigenvalue weighted by molar-refractivity contribution is 7.98. The van der Waals surface area contributed by atoms with Crippen LogP contribution >= 0.6 is 11.8 Å². The first-order valence-corrected chi connectivity index (χ1v) is 6.10. The smallest absolute Gasteiger partial charge is 0.167 e. The largest absolute Gasteiger partial charge is 0.322 e. The molecule has 0 fully saturated rings. The third kappa shape index (κ3) is 2.26. The van der Waals surface area contributed by atoms with Gasteiger partial charge < -0.3 is 4.57 Å². The number of nitrogens with zero attached hydrogens (tertiary/aromatic N) is 3. The second-order valence-electron chi connectivity index (χ2n) is 3.35. The van der Waals surface area contributed by atoms with Gasteiger partial charge in [-0.2, -0.15) is 5.26 Å². The first-order chi connectivity index (χ1) is 7.83. The normalized spacial score (nSPS) is 10.0. The quantitative estimate of drug-likeness (QED) is 0.759. The lowest BCUT2D eigenvalue weighted by molar-refractivity contribution is 0.709. The Balaban J connectivity index is 2.18. The summed E-state index contributed by atoms with van der Waals surface area (Å²) in [6.07, 6.45) is 5.77. The SMILES string of the molecule is CSc1nccn1Cc1ccc(C#N)cc1. The highest BCUT2D eigenvalue weighted by Crippen LogP contribution is 2.14. The van der Waals surface area contributed by atoms with Crippen molar-refractivity contribution < 1.29 is 0 Å². The molecule has 0 atom stereocenters. The van der Waals surface area contributed by atoms with E-state index in [1.165, 1.54) is 5.56 Å². The van der Waals surface area contributed by atoms with Crippen LogP contribution in [0.5, 0.6) is 0 Å². The van der Waals surface area contributed by atoms with E-state index >= 15 is 0 Å². The Morgan fingerprint density at radius 2 is 2.12 bits per heavy atom. The van der Waals surface area contributed by atoms with Crippen molar-refractivity contribution in [3.8, 4) is 6.07 Å². The van der Waals surface area contributed by atoms with Gasteiger partial charge in [-0.15, -0.1) is 0 Å². The number of hydrogen-bond donors (Lipinski definition) is 0. The molecular formula is C12H11N3S. The number of thioether (sulfide) groups is 1. The van der Waals surface area contributed by atoms with Crippen molar-refractivity contribution in [2.45, 2.75) is 11.7 Å². The van der Waals surface area contributed by atoms with Gasteiger partial charge in [0.2, 0.25) is 0 Å². The molecule has 80 valence electrons. The Kier molecular flexibility index (Phi) is 3.28. The fraction of sp³-hybridized carbons (Fsp3) is 0.167. The number of benzene rings is 1. The van der Waals surface area contributed by atoms with Gasteiger partial charge in [-0.25, -0.2) is 4.98 Å². The molecule has 0 N–H and O–H groups in total. The zero-order valence-electron chi connectivity index (χ0n) is 8.92. The van der Waals surface area contributed by atoms with Gasteiger partial charge in [-0.3, -0.25) is 0 Å². The summed E-state index contributed by atoms with van der Waals surface area (Å²) in [6, 6.07) is 9.74. The Morgan fingerprint density at radius 3 is 2.75 bits per heavy atom. The van der Waals surface area contributed by atoms with Gasteiger partial charge in [0, 0.05) is 18.9 Å². The molecule has 0 aliphatic rings. The van der Waals surface area contributed by atoms with E-state index in [0.29, 0.717) is 5.56 Å². The van der Waals surface area contributed by atoms with Gasteiger partial charge in [-0.05, 0) is 24.0 Å². The van der Waals surface area contributed by atoms with Crippen molar-refractivity contribution in [2.24, 2.45) is 0 Å². The van der Waals surface area contributed by atoms with Gasteiger partial charge in [0.25, 0.3) is 0 Å². The van der Waals surface area contributed by atoms with Gasteiger partial charge in [0.05, 0.1) is 11.6 Å². The van der Waals surface area contributed by atoms with Crippen molar-refractivity contribution in [2.75, 3.05) is 6.26 Å². The summed E-state index contributed by atoms with van der Waals surface area (Å²) in [7, 11) is 0. The van der Waals surface area contributed by atoms with Crippen LogP contribution in [-0.2, 0) is 6.54 Å². The van der Waals surface area contributed by atoms with Crippen LogP contribution < -0.4 is 0 Å². The molecule has 2 aromatic rings. The summed E-state index contributed by atoms with van der Waals surface area (Å²) in [4.78, 5) is 4.24. The molecule has 0 unspecified atom stereocenters. The van der Waals surface area contributed by atoms with E-state index < -0.39 is 0 Å². The number of rotatable bonds is 3. The van der Waals surface area contributed by atoms with E-state index in [2.05, 4.69) is 15.6 Å². The molecule has 0 aliphatic heterocycles. The second kappa shape index (κ2) is 4.86. The molecule has 0 bridgehead atoms. The minimum atomic E-state index is 0.694. The van der Waals surface area contributed by atoms with E-state index in [-0.39, 0.29) is 0 Å². The predicted octanol–water partition coefficient (Wildman–Crippen LogP) is 2.52. The van der Waals surface area contributed by atoms with Crippen LogP contribution in [0.25, 0.3) is 0 Å². The summed E-state index contributed by atoms with van der Waals surface area (Å²) >= 11 is 1.63. The van der Waals surface area contributed by atoms with E-state index in [9.17, 15) is 0 Å². The Labute approximate surface area is 98.7 Å². The molecule has 4 heteroatoms. The third-order valence-electron chi connectivity index (χ3n) is 2.30. The zero-order valence-corrected chi connectivity index (χ0v) is 9.74. The molecule has 0 saturated heterocycles. The third-order valence-corrected chi connectivity index (χ3v) is 3.00. The van der Waals surface area contributed by atoms with Gasteiger partial charge >= 0.3 is 0 Å². The molecule has 1 aromatic heterocycles. The van der Waals surface area contributed by atoms with Gasteiger partial charge in [-0.1, -0.05) is 23.9 Å². The van der Waals surface area contributed by atoms with Crippen molar-refractivity contribution >= 4 is 11.8 Å². The van der Waals surface area contributed by atoms with E-state index in [0.717, 1.165) is 11.7 Å². The maximum Gasteiger partial charge on any atom is 0.167 e. The summed E-state index contributed by atoms with van der Waals surface area (Å²) in [5, 5.41) is 9.70. The molecule has 3 nitrogen and oxygen atoms in total. The summed E-state index contributed by atoms with van der Waals surface area (Å²) < 4.78 is 2.09. The van der Waals surface area contributed by atoms with Crippen molar-refractivity contribution in [1.29, 1.82) is 5.26 Å². The number of aromatic nitrogens is 2. The summed E-state index contributed by atoms with van der Waals surface area (Å²) in [6.45, 7) is 0.794. The first kappa shape index (κ1) is 10.8. The van der Waals surface area contributed by atoms with Gasteiger partial charge in [0.15, 0.2) is 5.16 Å². The summed E-state index contributed by atoms with van der Waals surface area (Å²) in [5.41, 5.74) is 1.87. The predicted molar refractivity (Wildman–Crippen MR) is 64.3 cm³/mol. The maximum atomic E-state index is 8.70. The molecule has 1 aromatic carbocycles. The summed E-state index contributed by atoms with van der Waals surface area (Å²) in [5.74, 6) is 0. The topological polar surface area (TPSA) is 41.6 Å². The maximum absolute atomic E-state index is 8.70. The van der Waals surface area contributed by atoms with Crippen LogP contribution in [0.4, 0.5) is 0 Å². The molecule has 0 spiro atoms. The minimum Gasteiger partial charge on any atom is -0.322 e. The fourth-order valence-corrected chi connectivity index (χ4v) is 2.01. The molecule has 16 heavy (non-hydrogen) atoms. The molecule has 0 radical (unpaired) electrons. The van der Waals surface area contributed by atoms with Crippen LogP contribution in [-0.4, -0.2) is 15.8 Å². The molecule has 1 heterocycles. The van der Waals surface area contributed by atoms with Crippen LogP contribution in [0.3, 0.4) is 0 Å². The average molecular weight is 229 g/mol. The first-order valence-electron chi connectivity index (χ1n) is 4.87. The van der Waals surface area contributed by atoms with E-state index in [1.54, 1.807) is 18.0 Å². The Hall–Kier alpha value is -1.73. The highest BCUT2D eigenvalue weighted by Gasteiger charge is 2.01. The number of hydrogen-bond acceptors (Lipinski definition) is 3. The van der Waals surface area contributed by atoms with Crippen LogP contribution in [0, 0.1) is 11.3 Å². The lowest BCUT2D eigenvalue weighted by Crippen LogP contribution is -1.99. The number of imidazole rings is 1. The fourth-order valence-electron chi connectivity index (χ4n) is 1.49. The van der Waals surface area contributed by atoms with Gasteiger partial charge in [0.1, 0.15) is 0 Å². The van der Waals surface area contributed by atoms with Crippen LogP contribution in [0.15, 0.2) is 41.8 Å². The Bertz CT molecular complexity index is 508. The van der Waals surface area contributed by atoms with Crippen LogP contribution in [0.2, 0.25) is 0 Å². The monoisotopic (exact) mass is 229 g/mol. The zero-order chi connectivity index (χ0) is 11.4. The van der Waals surface area contributed by atoms with E-state index in [4.69, 9.17) is 5.26 Å². The molecule has 0 amide bonds. The lowest BCUT2D eigenvalue weighted by atomic mass is 10.1. The van der Waals surface area contributed by atoms with Crippen molar-refractivity contribution in [3.63, 3.8) is 0 Å². The van der Waals surface area contributed by atoms with E-state index in [1.807, 2.05) is 36.7 Å². The molecule has 0 aliphatic carbocycles. The number of nitriles is 1. The standard InChI is InChI=1S/C12H11N3S/c1-16-12-14-6-7-15(12)9-11-4-2-10(8-13)3-5-11/h2-7H,9H2,1H3. The molecular weight excluding hydrogens is 218 g/mol. The minimum absolute atomic E-state index is 0.694. The lowest BCUT2D eigenvalue weighted by Gasteiger charge is -2.05.